The fourth-order valence-corrected chi connectivity index (χ4v) is 3.95. The van der Waals surface area contributed by atoms with Crippen LogP contribution in [0.15, 0.2) is 35.1 Å². The van der Waals surface area contributed by atoms with Crippen LogP contribution in [0.1, 0.15) is 39.9 Å². The van der Waals surface area contributed by atoms with Crippen LogP contribution >= 0.6 is 11.5 Å². The highest BCUT2D eigenvalue weighted by Crippen LogP contribution is 2.28. The molecule has 0 aliphatic carbocycles. The van der Waals surface area contributed by atoms with Gasteiger partial charge >= 0.3 is 5.69 Å². The lowest BCUT2D eigenvalue weighted by Crippen LogP contribution is -2.38. The number of rotatable bonds is 3. The molecule has 1 aliphatic heterocycles. The summed E-state index contributed by atoms with van der Waals surface area (Å²) in [5, 5.41) is 10.7. The molecule has 0 unspecified atom stereocenters. The summed E-state index contributed by atoms with van der Waals surface area (Å²) in [6.07, 6.45) is 1.52. The molecule has 9 heteroatoms. The normalized spacial score (nSPS) is 15.3. The van der Waals surface area contributed by atoms with Crippen LogP contribution in [0.4, 0.5) is 0 Å². The first-order valence-electron chi connectivity index (χ1n) is 8.46. The lowest BCUT2D eigenvalue weighted by atomic mass is 9.95. The summed E-state index contributed by atoms with van der Waals surface area (Å²) in [6.45, 7) is 3.04. The van der Waals surface area contributed by atoms with Gasteiger partial charge in [0, 0.05) is 19.0 Å². The average Bonchev–Trinajstić information content (AvgIpc) is 3.27. The lowest BCUT2D eigenvalue weighted by molar-refractivity contribution is 0.0714. The summed E-state index contributed by atoms with van der Waals surface area (Å²) in [5.74, 6) is 0.834. The number of piperidine rings is 1. The maximum absolute atomic E-state index is 12.6. The fraction of sp³-hybridized carbons (Fsp3) is 0.353. The van der Waals surface area contributed by atoms with E-state index >= 15 is 0 Å². The molecule has 1 aromatic carbocycles. The number of nitrogens with one attached hydrogen (secondary N) is 1. The van der Waals surface area contributed by atoms with E-state index in [1.165, 1.54) is 0 Å². The second kappa shape index (κ2) is 6.83. The van der Waals surface area contributed by atoms with Crippen LogP contribution < -0.4 is 5.69 Å². The molecule has 0 radical (unpaired) electrons. The highest BCUT2D eigenvalue weighted by molar-refractivity contribution is 7.07. The smallest absolute Gasteiger partial charge is 0.338 e. The molecule has 1 fully saturated rings. The third-order valence-electron chi connectivity index (χ3n) is 4.71. The Kier molecular flexibility index (Phi) is 4.37. The highest BCUT2D eigenvalue weighted by Gasteiger charge is 2.29. The lowest BCUT2D eigenvalue weighted by Gasteiger charge is -2.31. The van der Waals surface area contributed by atoms with Gasteiger partial charge in [-0.2, -0.15) is 5.10 Å². The van der Waals surface area contributed by atoms with Crippen LogP contribution in [-0.4, -0.2) is 48.2 Å². The summed E-state index contributed by atoms with van der Waals surface area (Å²) in [7, 11) is 0. The number of amides is 1. The van der Waals surface area contributed by atoms with Gasteiger partial charge in [0.05, 0.1) is 11.4 Å². The second-order valence-corrected chi connectivity index (χ2v) is 7.07. The molecule has 8 nitrogen and oxygen atoms in total. The van der Waals surface area contributed by atoms with Gasteiger partial charge in [0.15, 0.2) is 0 Å². The molecule has 0 spiro atoms. The summed E-state index contributed by atoms with van der Waals surface area (Å²) in [4.78, 5) is 27.2. The molecule has 0 saturated carbocycles. The largest absolute Gasteiger partial charge is 0.347 e. The van der Waals surface area contributed by atoms with Gasteiger partial charge in [-0.05, 0) is 43.4 Å². The average molecular weight is 370 g/mol. The van der Waals surface area contributed by atoms with Gasteiger partial charge in [0.25, 0.3) is 5.91 Å². The SMILES string of the molecule is Cc1nnsc1C(=O)N1CCC(c2n[nH]c(=O)n2-c2ccccc2)CC1. The number of aromatic nitrogens is 5. The molecule has 3 aromatic rings. The van der Waals surface area contributed by atoms with E-state index in [0.29, 0.717) is 23.7 Å². The zero-order chi connectivity index (χ0) is 18.1. The van der Waals surface area contributed by atoms with Gasteiger partial charge in [-0.3, -0.25) is 4.79 Å². The molecule has 2 aromatic heterocycles. The number of H-pyrrole nitrogens is 1. The molecule has 26 heavy (non-hydrogen) atoms. The van der Waals surface area contributed by atoms with Crippen molar-refractivity contribution in [1.29, 1.82) is 0 Å². The van der Waals surface area contributed by atoms with Crippen molar-refractivity contribution in [2.24, 2.45) is 0 Å². The minimum absolute atomic E-state index is 0.0153. The van der Waals surface area contributed by atoms with Gasteiger partial charge in [-0.1, -0.05) is 22.7 Å². The maximum atomic E-state index is 12.6. The third kappa shape index (κ3) is 2.94. The molecule has 3 heterocycles. The quantitative estimate of drug-likeness (QED) is 0.757. The second-order valence-electron chi connectivity index (χ2n) is 6.31. The van der Waals surface area contributed by atoms with Crippen molar-refractivity contribution in [3.05, 3.63) is 57.2 Å². The summed E-state index contributed by atoms with van der Waals surface area (Å²) in [6, 6.07) is 9.47. The first-order chi connectivity index (χ1) is 12.6. The molecule has 1 N–H and O–H groups in total. The van der Waals surface area contributed by atoms with Crippen molar-refractivity contribution in [2.45, 2.75) is 25.7 Å². The standard InChI is InChI=1S/C17H18N6O2S/c1-11-14(26-21-18-11)16(24)22-9-7-12(8-10-22)15-19-20-17(25)23(15)13-5-3-2-4-6-13/h2-6,12H,7-10H2,1H3,(H,20,25). The number of likely N-dealkylation sites (tertiary alicyclic amines) is 1. The zero-order valence-electron chi connectivity index (χ0n) is 14.3. The molecule has 4 rings (SSSR count). The molecule has 1 amide bonds. The molecule has 0 atom stereocenters. The first kappa shape index (κ1) is 16.6. The Morgan fingerprint density at radius 3 is 2.62 bits per heavy atom. The van der Waals surface area contributed by atoms with E-state index < -0.39 is 0 Å². The predicted octanol–water partition coefficient (Wildman–Crippen LogP) is 1.74. The Morgan fingerprint density at radius 2 is 1.96 bits per heavy atom. The van der Waals surface area contributed by atoms with Crippen molar-refractivity contribution in [3.8, 4) is 5.69 Å². The topological polar surface area (TPSA) is 96.8 Å². The number of aromatic amines is 1. The summed E-state index contributed by atoms with van der Waals surface area (Å²) < 4.78 is 5.46. The van der Waals surface area contributed by atoms with E-state index in [1.807, 2.05) is 35.2 Å². The highest BCUT2D eigenvalue weighted by atomic mass is 32.1. The zero-order valence-corrected chi connectivity index (χ0v) is 15.1. The monoisotopic (exact) mass is 370 g/mol. The van der Waals surface area contributed by atoms with Crippen LogP contribution in [0.5, 0.6) is 0 Å². The maximum Gasteiger partial charge on any atom is 0.347 e. The minimum Gasteiger partial charge on any atom is -0.338 e. The molecule has 0 bridgehead atoms. The van der Waals surface area contributed by atoms with Crippen molar-refractivity contribution >= 4 is 17.4 Å². The van der Waals surface area contributed by atoms with Crippen LogP contribution in [0.3, 0.4) is 0 Å². The predicted molar refractivity (Wildman–Crippen MR) is 96.7 cm³/mol. The number of carbonyl (C=O) groups excluding carboxylic acids is 1. The van der Waals surface area contributed by atoms with Crippen molar-refractivity contribution in [1.82, 2.24) is 29.3 Å². The number of aryl methyl sites for hydroxylation is 1. The van der Waals surface area contributed by atoms with E-state index in [2.05, 4.69) is 19.8 Å². The van der Waals surface area contributed by atoms with Gasteiger partial charge < -0.3 is 4.90 Å². The third-order valence-corrected chi connectivity index (χ3v) is 5.52. The number of hydrogen-bond acceptors (Lipinski definition) is 6. The van der Waals surface area contributed by atoms with E-state index in [4.69, 9.17) is 0 Å². The van der Waals surface area contributed by atoms with Crippen molar-refractivity contribution < 1.29 is 4.79 Å². The van der Waals surface area contributed by atoms with Gasteiger partial charge in [0.1, 0.15) is 10.7 Å². The van der Waals surface area contributed by atoms with Crippen LogP contribution in [0.2, 0.25) is 0 Å². The number of nitrogens with zero attached hydrogens (tertiary/aromatic N) is 5. The molecule has 1 aliphatic rings. The van der Waals surface area contributed by atoms with E-state index in [1.54, 1.807) is 11.5 Å². The van der Waals surface area contributed by atoms with E-state index in [9.17, 15) is 9.59 Å². The van der Waals surface area contributed by atoms with E-state index in [-0.39, 0.29) is 17.5 Å². The Labute approximate surface area is 153 Å². The van der Waals surface area contributed by atoms with Crippen LogP contribution in [-0.2, 0) is 0 Å². The number of hydrogen-bond donors (Lipinski definition) is 1. The molecule has 134 valence electrons. The van der Waals surface area contributed by atoms with Gasteiger partial charge in [-0.15, -0.1) is 5.10 Å². The molecular weight excluding hydrogens is 352 g/mol. The van der Waals surface area contributed by atoms with Crippen LogP contribution in [0, 0.1) is 6.92 Å². The van der Waals surface area contributed by atoms with Crippen LogP contribution in [0.25, 0.3) is 5.69 Å². The number of para-hydroxylation sites is 1. The summed E-state index contributed by atoms with van der Waals surface area (Å²) in [5.41, 5.74) is 1.23. The fourth-order valence-electron chi connectivity index (χ4n) is 3.32. The first-order valence-corrected chi connectivity index (χ1v) is 9.23. The van der Waals surface area contributed by atoms with Gasteiger partial charge in [0.2, 0.25) is 0 Å². The minimum atomic E-state index is -0.240. The number of benzene rings is 1. The Bertz CT molecular complexity index is 969. The van der Waals surface area contributed by atoms with Crippen molar-refractivity contribution in [2.75, 3.05) is 13.1 Å². The summed E-state index contributed by atoms with van der Waals surface area (Å²) >= 11 is 1.14. The molecule has 1 saturated heterocycles. The van der Waals surface area contributed by atoms with Crippen molar-refractivity contribution in [3.63, 3.8) is 0 Å². The van der Waals surface area contributed by atoms with E-state index in [0.717, 1.165) is 35.9 Å². The number of carbonyl (C=O) groups is 1. The Balaban J connectivity index is 1.52. The van der Waals surface area contributed by atoms with Gasteiger partial charge in [-0.25, -0.2) is 14.5 Å². The Morgan fingerprint density at radius 1 is 1.23 bits per heavy atom. The Hall–Kier alpha value is -2.81. The molecular formula is C17H18N6O2S.